The minimum Gasteiger partial charge on any atom is -0.337 e. The van der Waals surface area contributed by atoms with Crippen molar-refractivity contribution in [2.75, 3.05) is 32.7 Å². The van der Waals surface area contributed by atoms with Crippen molar-refractivity contribution < 1.29 is 4.79 Å². The fourth-order valence-electron chi connectivity index (χ4n) is 5.61. The molecule has 29 heavy (non-hydrogen) atoms. The Bertz CT molecular complexity index is 898. The smallest absolute Gasteiger partial charge is 0.253 e. The van der Waals surface area contributed by atoms with Gasteiger partial charge < -0.3 is 9.80 Å². The van der Waals surface area contributed by atoms with E-state index in [1.807, 2.05) is 12.1 Å². The van der Waals surface area contributed by atoms with Gasteiger partial charge in [-0.15, -0.1) is 0 Å². The fraction of sp³-hybridized carbons (Fsp3) is 0.500. The summed E-state index contributed by atoms with van der Waals surface area (Å²) >= 11 is 0. The van der Waals surface area contributed by atoms with Gasteiger partial charge in [-0.05, 0) is 79.4 Å². The molecule has 1 heterocycles. The first-order valence-electron chi connectivity index (χ1n) is 11.4. The van der Waals surface area contributed by atoms with Crippen molar-refractivity contribution in [3.05, 3.63) is 60.2 Å². The lowest BCUT2D eigenvalue weighted by atomic mass is 9.92. The third-order valence-electron chi connectivity index (χ3n) is 7.29. The Hall–Kier alpha value is -2.13. The lowest BCUT2D eigenvalue weighted by Gasteiger charge is -2.32. The number of allylic oxidation sites excluding steroid dienone is 2. The summed E-state index contributed by atoms with van der Waals surface area (Å²) in [4.78, 5) is 18.3. The van der Waals surface area contributed by atoms with Gasteiger partial charge in [0.25, 0.3) is 5.91 Å². The molecule has 3 nitrogen and oxygen atoms in total. The number of piperidine rings is 1. The van der Waals surface area contributed by atoms with Gasteiger partial charge in [-0.2, -0.15) is 0 Å². The average Bonchev–Trinajstić information content (AvgIpc) is 3.40. The van der Waals surface area contributed by atoms with Crippen LogP contribution in [0.15, 0.2) is 54.6 Å². The second kappa shape index (κ2) is 8.31. The van der Waals surface area contributed by atoms with Gasteiger partial charge in [0.1, 0.15) is 0 Å². The van der Waals surface area contributed by atoms with Gasteiger partial charge in [-0.25, -0.2) is 0 Å². The van der Waals surface area contributed by atoms with E-state index in [-0.39, 0.29) is 5.91 Å². The quantitative estimate of drug-likeness (QED) is 0.652. The Kier molecular flexibility index (Phi) is 5.41. The summed E-state index contributed by atoms with van der Waals surface area (Å²) in [5, 5.41) is 2.35. The van der Waals surface area contributed by atoms with Crippen molar-refractivity contribution in [2.24, 2.45) is 17.8 Å². The maximum Gasteiger partial charge on any atom is 0.253 e. The van der Waals surface area contributed by atoms with Gasteiger partial charge in [-0.1, -0.05) is 48.9 Å². The molecule has 1 aliphatic heterocycles. The SMILES string of the molecule is O=C(c1ccc2ccccc2c1)N(CCN1CCCCC1)CC1CC2C=CC1C2. The van der Waals surface area contributed by atoms with E-state index in [0.29, 0.717) is 11.8 Å². The van der Waals surface area contributed by atoms with Crippen LogP contribution in [0.4, 0.5) is 0 Å². The van der Waals surface area contributed by atoms with E-state index in [4.69, 9.17) is 0 Å². The normalized spacial score (nSPS) is 26.3. The number of carbonyl (C=O) groups excluding carboxylic acids is 1. The zero-order valence-electron chi connectivity index (χ0n) is 17.3. The van der Waals surface area contributed by atoms with Crippen LogP contribution in [0.2, 0.25) is 0 Å². The highest BCUT2D eigenvalue weighted by atomic mass is 16.2. The maximum absolute atomic E-state index is 13.5. The van der Waals surface area contributed by atoms with E-state index < -0.39 is 0 Å². The average molecular weight is 389 g/mol. The summed E-state index contributed by atoms with van der Waals surface area (Å²) in [6, 6.07) is 14.5. The summed E-state index contributed by atoms with van der Waals surface area (Å²) in [7, 11) is 0. The molecule has 5 rings (SSSR count). The predicted molar refractivity (Wildman–Crippen MR) is 119 cm³/mol. The number of rotatable bonds is 6. The number of fused-ring (bicyclic) bond motifs is 3. The highest BCUT2D eigenvalue weighted by molar-refractivity contribution is 5.98. The van der Waals surface area contributed by atoms with Crippen LogP contribution < -0.4 is 0 Å². The largest absolute Gasteiger partial charge is 0.337 e. The van der Waals surface area contributed by atoms with Gasteiger partial charge in [0.05, 0.1) is 0 Å². The number of amides is 1. The number of hydrogen-bond acceptors (Lipinski definition) is 2. The first-order valence-corrected chi connectivity index (χ1v) is 11.4. The van der Waals surface area contributed by atoms with E-state index in [1.165, 1.54) is 50.6 Å². The van der Waals surface area contributed by atoms with Crippen LogP contribution >= 0.6 is 0 Å². The maximum atomic E-state index is 13.5. The Labute approximate surface area is 174 Å². The van der Waals surface area contributed by atoms with Crippen LogP contribution in [0.3, 0.4) is 0 Å². The zero-order chi connectivity index (χ0) is 19.6. The molecule has 2 fully saturated rings. The van der Waals surface area contributed by atoms with Crippen LogP contribution in [0, 0.1) is 17.8 Å². The first-order chi connectivity index (χ1) is 14.3. The lowest BCUT2D eigenvalue weighted by Crippen LogP contribution is -2.43. The standard InChI is InChI=1S/C26H32N2O/c29-26(24-11-10-21-6-2-3-7-22(21)18-24)28(15-14-27-12-4-1-5-13-27)19-25-17-20-8-9-23(25)16-20/h2-3,6-11,18,20,23,25H,1,4-5,12-17,19H2. The second-order valence-corrected chi connectivity index (χ2v) is 9.26. The van der Waals surface area contributed by atoms with Gasteiger partial charge >= 0.3 is 0 Å². The van der Waals surface area contributed by atoms with Gasteiger partial charge in [0, 0.05) is 25.2 Å². The Morgan fingerprint density at radius 2 is 1.79 bits per heavy atom. The third-order valence-corrected chi connectivity index (χ3v) is 7.29. The third kappa shape index (κ3) is 4.11. The Morgan fingerprint density at radius 1 is 0.966 bits per heavy atom. The van der Waals surface area contributed by atoms with E-state index >= 15 is 0 Å². The first kappa shape index (κ1) is 18.9. The summed E-state index contributed by atoms with van der Waals surface area (Å²) in [6.45, 7) is 5.15. The summed E-state index contributed by atoms with van der Waals surface area (Å²) in [6.07, 6.45) is 11.3. The van der Waals surface area contributed by atoms with Crippen LogP contribution in [-0.4, -0.2) is 48.4 Å². The van der Waals surface area contributed by atoms with Crippen molar-refractivity contribution in [2.45, 2.75) is 32.1 Å². The van der Waals surface area contributed by atoms with Gasteiger partial charge in [0.2, 0.25) is 0 Å². The summed E-state index contributed by atoms with van der Waals surface area (Å²) < 4.78 is 0. The zero-order valence-corrected chi connectivity index (χ0v) is 17.3. The number of hydrogen-bond donors (Lipinski definition) is 0. The molecule has 0 spiro atoms. The molecular formula is C26H32N2O. The number of carbonyl (C=O) groups is 1. The van der Waals surface area contributed by atoms with E-state index in [0.717, 1.165) is 36.5 Å². The molecule has 2 aliphatic carbocycles. The van der Waals surface area contributed by atoms with Crippen molar-refractivity contribution in [1.82, 2.24) is 9.80 Å². The number of benzene rings is 2. The van der Waals surface area contributed by atoms with Crippen molar-refractivity contribution >= 4 is 16.7 Å². The highest BCUT2D eigenvalue weighted by Crippen LogP contribution is 2.43. The van der Waals surface area contributed by atoms with Crippen molar-refractivity contribution in [3.8, 4) is 0 Å². The monoisotopic (exact) mass is 388 g/mol. The molecule has 1 saturated carbocycles. The van der Waals surface area contributed by atoms with E-state index in [9.17, 15) is 4.79 Å². The fourth-order valence-corrected chi connectivity index (χ4v) is 5.61. The minimum atomic E-state index is 0.208. The molecule has 0 aromatic heterocycles. The molecule has 0 radical (unpaired) electrons. The predicted octanol–water partition coefficient (Wildman–Crippen LogP) is 4.98. The van der Waals surface area contributed by atoms with Crippen LogP contribution in [-0.2, 0) is 0 Å². The summed E-state index contributed by atoms with van der Waals surface area (Å²) in [5.74, 6) is 2.28. The second-order valence-electron chi connectivity index (χ2n) is 9.26. The molecule has 0 N–H and O–H groups in total. The topological polar surface area (TPSA) is 23.6 Å². The molecule has 1 amide bonds. The molecule has 152 valence electrons. The molecule has 3 unspecified atom stereocenters. The van der Waals surface area contributed by atoms with Crippen LogP contribution in [0.25, 0.3) is 10.8 Å². The Balaban J connectivity index is 1.33. The molecular weight excluding hydrogens is 356 g/mol. The van der Waals surface area contributed by atoms with Gasteiger partial charge in [-0.3, -0.25) is 4.79 Å². The summed E-state index contributed by atoms with van der Waals surface area (Å²) in [5.41, 5.74) is 0.834. The molecule has 3 heteroatoms. The minimum absolute atomic E-state index is 0.208. The Morgan fingerprint density at radius 3 is 2.55 bits per heavy atom. The van der Waals surface area contributed by atoms with E-state index in [1.54, 1.807) is 0 Å². The molecule has 2 aromatic carbocycles. The van der Waals surface area contributed by atoms with Gasteiger partial charge in [0.15, 0.2) is 0 Å². The van der Waals surface area contributed by atoms with Crippen molar-refractivity contribution in [1.29, 1.82) is 0 Å². The number of nitrogens with zero attached hydrogens (tertiary/aromatic N) is 2. The molecule has 3 atom stereocenters. The molecule has 3 aliphatic rings. The highest BCUT2D eigenvalue weighted by Gasteiger charge is 2.37. The number of likely N-dealkylation sites (tertiary alicyclic amines) is 1. The molecule has 1 saturated heterocycles. The van der Waals surface area contributed by atoms with E-state index in [2.05, 4.69) is 52.3 Å². The van der Waals surface area contributed by atoms with Crippen molar-refractivity contribution in [3.63, 3.8) is 0 Å². The van der Waals surface area contributed by atoms with Crippen LogP contribution in [0.1, 0.15) is 42.5 Å². The van der Waals surface area contributed by atoms with Crippen LogP contribution in [0.5, 0.6) is 0 Å². The molecule has 2 aromatic rings. The molecule has 2 bridgehead atoms. The lowest BCUT2D eigenvalue weighted by molar-refractivity contribution is 0.0689.